The number of nitrogens with one attached hydrogen (secondary N) is 1. The van der Waals surface area contributed by atoms with Crippen molar-refractivity contribution >= 4 is 23.0 Å². The molecule has 1 fully saturated rings. The van der Waals surface area contributed by atoms with Crippen molar-refractivity contribution in [1.82, 2.24) is 0 Å². The Morgan fingerprint density at radius 2 is 2.24 bits per heavy atom. The Morgan fingerprint density at radius 3 is 3.00 bits per heavy atom. The molecule has 3 N–H and O–H groups in total. The summed E-state index contributed by atoms with van der Waals surface area (Å²) in [7, 11) is 2.03. The SMILES string of the molecule is CN(CC1CCCCO1)c1cc2c(cc1N)CCC(=O)N2. The average molecular weight is 289 g/mol. The van der Waals surface area contributed by atoms with Gasteiger partial charge in [-0.25, -0.2) is 0 Å². The second-order valence-electron chi connectivity index (χ2n) is 5.99. The summed E-state index contributed by atoms with van der Waals surface area (Å²) in [5.74, 6) is 0.0801. The van der Waals surface area contributed by atoms with Crippen molar-refractivity contribution in [3.63, 3.8) is 0 Å². The Kier molecular flexibility index (Phi) is 4.01. The number of nitrogen functional groups attached to an aromatic ring is 1. The molecule has 0 saturated carbocycles. The normalized spacial score (nSPS) is 21.6. The number of carbonyl (C=O) groups is 1. The van der Waals surface area contributed by atoms with Gasteiger partial charge in [-0.1, -0.05) is 0 Å². The minimum atomic E-state index is 0.0801. The number of benzene rings is 1. The lowest BCUT2D eigenvalue weighted by atomic mass is 10.0. The second kappa shape index (κ2) is 5.93. The van der Waals surface area contributed by atoms with Crippen LogP contribution in [0, 0.1) is 0 Å². The molecule has 2 heterocycles. The molecule has 0 bridgehead atoms. The molecular formula is C16H23N3O2. The molecule has 1 aromatic carbocycles. The van der Waals surface area contributed by atoms with Gasteiger partial charge in [-0.05, 0) is 43.4 Å². The van der Waals surface area contributed by atoms with E-state index < -0.39 is 0 Å². The van der Waals surface area contributed by atoms with Crippen LogP contribution in [-0.4, -0.2) is 32.2 Å². The lowest BCUT2D eigenvalue weighted by molar-refractivity contribution is -0.116. The Balaban J connectivity index is 1.77. The first-order valence-corrected chi connectivity index (χ1v) is 7.68. The van der Waals surface area contributed by atoms with E-state index in [0.717, 1.165) is 55.0 Å². The second-order valence-corrected chi connectivity index (χ2v) is 5.99. The molecular weight excluding hydrogens is 266 g/mol. The van der Waals surface area contributed by atoms with Crippen molar-refractivity contribution in [3.8, 4) is 0 Å². The summed E-state index contributed by atoms with van der Waals surface area (Å²) in [6.07, 6.45) is 5.07. The van der Waals surface area contributed by atoms with Crippen LogP contribution in [0.2, 0.25) is 0 Å². The minimum absolute atomic E-state index is 0.0801. The van der Waals surface area contributed by atoms with Crippen LogP contribution in [0.3, 0.4) is 0 Å². The van der Waals surface area contributed by atoms with Crippen LogP contribution in [0.1, 0.15) is 31.2 Å². The number of amides is 1. The lowest BCUT2D eigenvalue weighted by Gasteiger charge is -2.30. The van der Waals surface area contributed by atoms with Crippen LogP contribution >= 0.6 is 0 Å². The van der Waals surface area contributed by atoms with Gasteiger partial charge >= 0.3 is 0 Å². The number of ether oxygens (including phenoxy) is 1. The van der Waals surface area contributed by atoms with Gasteiger partial charge in [-0.15, -0.1) is 0 Å². The van der Waals surface area contributed by atoms with Crippen molar-refractivity contribution in [1.29, 1.82) is 0 Å². The van der Waals surface area contributed by atoms with Gasteiger partial charge in [0.15, 0.2) is 0 Å². The van der Waals surface area contributed by atoms with Gasteiger partial charge in [0.25, 0.3) is 0 Å². The number of fused-ring (bicyclic) bond motifs is 1. The first-order valence-electron chi connectivity index (χ1n) is 7.68. The number of likely N-dealkylation sites (N-methyl/N-ethyl adjacent to an activating group) is 1. The third-order valence-electron chi connectivity index (χ3n) is 4.31. The first kappa shape index (κ1) is 14.2. The molecule has 0 radical (unpaired) electrons. The Bertz CT molecular complexity index is 539. The highest BCUT2D eigenvalue weighted by molar-refractivity contribution is 5.95. The monoisotopic (exact) mass is 289 g/mol. The van der Waals surface area contributed by atoms with Gasteiger partial charge in [-0.2, -0.15) is 0 Å². The van der Waals surface area contributed by atoms with Crippen LogP contribution in [0.5, 0.6) is 0 Å². The van der Waals surface area contributed by atoms with Gasteiger partial charge in [0.05, 0.1) is 17.5 Å². The fourth-order valence-electron chi connectivity index (χ4n) is 3.12. The summed E-state index contributed by atoms with van der Waals surface area (Å²) < 4.78 is 5.79. The molecule has 5 nitrogen and oxygen atoms in total. The molecule has 1 saturated heterocycles. The summed E-state index contributed by atoms with van der Waals surface area (Å²) in [6.45, 7) is 1.69. The number of anilines is 3. The van der Waals surface area contributed by atoms with E-state index in [1.807, 2.05) is 19.2 Å². The molecule has 0 spiro atoms. The number of nitrogens with zero attached hydrogens (tertiary/aromatic N) is 1. The van der Waals surface area contributed by atoms with E-state index in [0.29, 0.717) is 6.42 Å². The van der Waals surface area contributed by atoms with Crippen molar-refractivity contribution < 1.29 is 9.53 Å². The van der Waals surface area contributed by atoms with Crippen LogP contribution in [0.15, 0.2) is 12.1 Å². The van der Waals surface area contributed by atoms with Crippen LogP contribution in [-0.2, 0) is 16.0 Å². The van der Waals surface area contributed by atoms with E-state index in [1.165, 1.54) is 6.42 Å². The van der Waals surface area contributed by atoms with Crippen LogP contribution in [0.4, 0.5) is 17.1 Å². The van der Waals surface area contributed by atoms with Crippen LogP contribution < -0.4 is 16.0 Å². The van der Waals surface area contributed by atoms with E-state index in [4.69, 9.17) is 10.5 Å². The standard InChI is InChI=1S/C16H23N3O2/c1-19(10-12-4-2-3-7-21-12)15-9-14-11(8-13(15)17)5-6-16(20)18-14/h8-9,12H,2-7,10,17H2,1H3,(H,18,20). The van der Waals surface area contributed by atoms with Crippen molar-refractivity contribution in [3.05, 3.63) is 17.7 Å². The molecule has 3 rings (SSSR count). The zero-order valence-corrected chi connectivity index (χ0v) is 12.5. The first-order chi connectivity index (χ1) is 10.1. The fourth-order valence-corrected chi connectivity index (χ4v) is 3.12. The molecule has 21 heavy (non-hydrogen) atoms. The van der Waals surface area contributed by atoms with Crippen molar-refractivity contribution in [2.24, 2.45) is 0 Å². The zero-order valence-electron chi connectivity index (χ0n) is 12.5. The predicted octanol–water partition coefficient (Wildman–Crippen LogP) is 2.16. The summed E-state index contributed by atoms with van der Waals surface area (Å²) in [5.41, 5.74) is 9.94. The summed E-state index contributed by atoms with van der Waals surface area (Å²) in [5, 5.41) is 2.93. The van der Waals surface area contributed by atoms with E-state index >= 15 is 0 Å². The quantitative estimate of drug-likeness (QED) is 0.837. The van der Waals surface area contributed by atoms with Crippen LogP contribution in [0.25, 0.3) is 0 Å². The van der Waals surface area contributed by atoms with Gasteiger partial charge in [0.1, 0.15) is 0 Å². The molecule has 5 heteroatoms. The Morgan fingerprint density at radius 1 is 1.38 bits per heavy atom. The molecule has 0 aromatic heterocycles. The molecule has 0 aliphatic carbocycles. The smallest absolute Gasteiger partial charge is 0.224 e. The highest BCUT2D eigenvalue weighted by atomic mass is 16.5. The maximum absolute atomic E-state index is 11.5. The van der Waals surface area contributed by atoms with Crippen molar-refractivity contribution in [2.45, 2.75) is 38.2 Å². The maximum atomic E-state index is 11.5. The number of hydrogen-bond donors (Lipinski definition) is 2. The van der Waals surface area contributed by atoms with Gasteiger partial charge in [0.2, 0.25) is 5.91 Å². The molecule has 2 aliphatic heterocycles. The minimum Gasteiger partial charge on any atom is -0.397 e. The highest BCUT2D eigenvalue weighted by Gasteiger charge is 2.20. The number of rotatable bonds is 3. The number of carbonyl (C=O) groups excluding carboxylic acids is 1. The van der Waals surface area contributed by atoms with Gasteiger partial charge in [-0.3, -0.25) is 4.79 Å². The van der Waals surface area contributed by atoms with Gasteiger partial charge in [0, 0.05) is 32.3 Å². The zero-order chi connectivity index (χ0) is 14.8. The maximum Gasteiger partial charge on any atom is 0.224 e. The molecule has 1 unspecified atom stereocenters. The Labute approximate surface area is 125 Å². The summed E-state index contributed by atoms with van der Waals surface area (Å²) in [6, 6.07) is 3.98. The van der Waals surface area contributed by atoms with E-state index in [2.05, 4.69) is 10.2 Å². The van der Waals surface area contributed by atoms with E-state index in [1.54, 1.807) is 0 Å². The topological polar surface area (TPSA) is 67.6 Å². The fraction of sp³-hybridized carbons (Fsp3) is 0.562. The number of nitrogens with two attached hydrogens (primary N) is 1. The molecule has 1 aromatic rings. The molecule has 1 amide bonds. The predicted molar refractivity (Wildman–Crippen MR) is 84.7 cm³/mol. The highest BCUT2D eigenvalue weighted by Crippen LogP contribution is 2.33. The third-order valence-corrected chi connectivity index (χ3v) is 4.31. The molecule has 2 aliphatic rings. The third kappa shape index (κ3) is 3.13. The Hall–Kier alpha value is -1.75. The average Bonchev–Trinajstić information content (AvgIpc) is 2.48. The molecule has 114 valence electrons. The van der Waals surface area contributed by atoms with E-state index in [-0.39, 0.29) is 12.0 Å². The van der Waals surface area contributed by atoms with Gasteiger partial charge < -0.3 is 20.7 Å². The summed E-state index contributed by atoms with van der Waals surface area (Å²) in [4.78, 5) is 13.7. The van der Waals surface area contributed by atoms with E-state index in [9.17, 15) is 4.79 Å². The number of hydrogen-bond acceptors (Lipinski definition) is 4. The molecule has 1 atom stereocenters. The number of aryl methyl sites for hydroxylation is 1. The largest absolute Gasteiger partial charge is 0.397 e. The lowest BCUT2D eigenvalue weighted by Crippen LogP contribution is -2.34. The van der Waals surface area contributed by atoms with Crippen molar-refractivity contribution in [2.75, 3.05) is 36.1 Å². The summed E-state index contributed by atoms with van der Waals surface area (Å²) >= 11 is 0.